The smallest absolute Gasteiger partial charge is 0.328 e. The van der Waals surface area contributed by atoms with Crippen molar-refractivity contribution in [1.29, 1.82) is 0 Å². The minimum absolute atomic E-state index is 0.0522. The summed E-state index contributed by atoms with van der Waals surface area (Å²) in [5.41, 5.74) is 12.4. The lowest BCUT2D eigenvalue weighted by Crippen LogP contribution is -2.19. The third-order valence-corrected chi connectivity index (χ3v) is 3.84. The van der Waals surface area contributed by atoms with Crippen LogP contribution in [0, 0.1) is 13.8 Å². The molecule has 0 radical (unpaired) electrons. The highest BCUT2D eigenvalue weighted by Crippen LogP contribution is 2.30. The van der Waals surface area contributed by atoms with E-state index in [1.54, 1.807) is 23.2 Å². The highest BCUT2D eigenvalue weighted by molar-refractivity contribution is 5.90. The minimum atomic E-state index is -0.0522. The molecule has 0 spiro atoms. The molecule has 21 heavy (non-hydrogen) atoms. The van der Waals surface area contributed by atoms with E-state index < -0.39 is 0 Å². The molecule has 5 nitrogen and oxygen atoms in total. The summed E-state index contributed by atoms with van der Waals surface area (Å²) in [6.45, 7) is 3.92. The number of nitrogens with two attached hydrogens (primary N) is 1. The largest absolute Gasteiger partial charge is 0.398 e. The Bertz CT molecular complexity index is 898. The molecule has 2 N–H and O–H groups in total. The lowest BCUT2D eigenvalue weighted by molar-refractivity contribution is 0.795. The predicted octanol–water partition coefficient (Wildman–Crippen LogP) is 2.14. The van der Waals surface area contributed by atoms with Gasteiger partial charge in [-0.2, -0.15) is 0 Å². The zero-order chi connectivity index (χ0) is 15.3. The summed E-state index contributed by atoms with van der Waals surface area (Å²) in [7, 11) is 3.53. The number of hydrogen-bond acceptors (Lipinski definition) is 3. The van der Waals surface area contributed by atoms with Gasteiger partial charge in [0.2, 0.25) is 0 Å². The topological polar surface area (TPSA) is 65.8 Å². The van der Waals surface area contributed by atoms with Gasteiger partial charge in [-0.15, -0.1) is 0 Å². The van der Waals surface area contributed by atoms with Crippen LogP contribution >= 0.6 is 0 Å². The fourth-order valence-corrected chi connectivity index (χ4v) is 2.80. The molecule has 0 saturated heterocycles. The first-order valence-corrected chi connectivity index (χ1v) is 6.79. The van der Waals surface area contributed by atoms with Crippen LogP contribution in [0.1, 0.15) is 11.4 Å². The number of aromatic nitrogens is 3. The maximum atomic E-state index is 12.0. The Morgan fingerprint density at radius 2 is 1.48 bits per heavy atom. The summed E-state index contributed by atoms with van der Waals surface area (Å²) in [6, 6.07) is 7.84. The quantitative estimate of drug-likeness (QED) is 0.695. The van der Waals surface area contributed by atoms with Gasteiger partial charge in [0.1, 0.15) is 0 Å². The van der Waals surface area contributed by atoms with Gasteiger partial charge in [-0.25, -0.2) is 4.79 Å². The van der Waals surface area contributed by atoms with Gasteiger partial charge in [-0.05, 0) is 43.7 Å². The summed E-state index contributed by atoms with van der Waals surface area (Å²) in [4.78, 5) is 16.4. The van der Waals surface area contributed by atoms with Crippen LogP contribution in [0.15, 0.2) is 29.1 Å². The molecule has 2 heterocycles. The Hall–Kier alpha value is -2.56. The number of nitrogen functional groups attached to an aromatic ring is 1. The number of pyridine rings is 1. The number of anilines is 1. The monoisotopic (exact) mass is 282 g/mol. The van der Waals surface area contributed by atoms with Gasteiger partial charge in [-0.3, -0.25) is 14.1 Å². The van der Waals surface area contributed by atoms with Crippen molar-refractivity contribution in [2.24, 2.45) is 14.1 Å². The van der Waals surface area contributed by atoms with Crippen LogP contribution in [0.2, 0.25) is 0 Å². The zero-order valence-electron chi connectivity index (χ0n) is 12.6. The Morgan fingerprint density at radius 3 is 2.05 bits per heavy atom. The Labute approximate surface area is 122 Å². The van der Waals surface area contributed by atoms with Gasteiger partial charge in [-0.1, -0.05) is 0 Å². The molecule has 0 bridgehead atoms. The SMILES string of the molecule is Cc1cc(-c2cc3c(cc2N)n(C)c(=O)n3C)cc(C)n1. The molecule has 0 unspecified atom stereocenters. The van der Waals surface area contributed by atoms with Gasteiger partial charge in [0.25, 0.3) is 0 Å². The Balaban J connectivity index is 2.36. The second-order valence-electron chi connectivity index (χ2n) is 5.47. The van der Waals surface area contributed by atoms with E-state index in [0.29, 0.717) is 5.69 Å². The minimum Gasteiger partial charge on any atom is -0.398 e. The second kappa shape index (κ2) is 4.48. The summed E-state index contributed by atoms with van der Waals surface area (Å²) in [5, 5.41) is 0. The van der Waals surface area contributed by atoms with Crippen molar-refractivity contribution < 1.29 is 0 Å². The van der Waals surface area contributed by atoms with Crippen molar-refractivity contribution in [2.75, 3.05) is 5.73 Å². The Morgan fingerprint density at radius 1 is 0.952 bits per heavy atom. The number of hydrogen-bond donors (Lipinski definition) is 1. The van der Waals surface area contributed by atoms with Crippen LogP contribution in [0.25, 0.3) is 22.2 Å². The van der Waals surface area contributed by atoms with E-state index in [-0.39, 0.29) is 5.69 Å². The standard InChI is InChI=1S/C16H18N4O/c1-9-5-11(6-10(2)18-9)12-7-14-15(8-13(12)17)20(4)16(21)19(14)3/h5-8H,17H2,1-4H3. The van der Waals surface area contributed by atoms with E-state index in [1.807, 2.05) is 38.1 Å². The molecule has 0 aliphatic rings. The average Bonchev–Trinajstić information content (AvgIpc) is 2.62. The Kier molecular flexibility index (Phi) is 2.86. The number of rotatable bonds is 1. The molecule has 0 amide bonds. The number of imidazole rings is 1. The molecule has 0 aliphatic heterocycles. The molecule has 5 heteroatoms. The molecule has 1 aromatic carbocycles. The van der Waals surface area contributed by atoms with E-state index in [9.17, 15) is 4.79 Å². The molecule has 108 valence electrons. The summed E-state index contributed by atoms with van der Waals surface area (Å²) in [6.07, 6.45) is 0. The van der Waals surface area contributed by atoms with Crippen molar-refractivity contribution in [1.82, 2.24) is 14.1 Å². The van der Waals surface area contributed by atoms with Crippen LogP contribution in [0.4, 0.5) is 5.69 Å². The molecule has 0 saturated carbocycles. The van der Waals surface area contributed by atoms with E-state index in [0.717, 1.165) is 33.5 Å². The van der Waals surface area contributed by atoms with Gasteiger partial charge >= 0.3 is 5.69 Å². The molecule has 3 rings (SSSR count). The molecular formula is C16H18N4O. The zero-order valence-corrected chi connectivity index (χ0v) is 12.6. The fraction of sp³-hybridized carbons (Fsp3) is 0.250. The van der Waals surface area contributed by atoms with Crippen molar-refractivity contribution in [2.45, 2.75) is 13.8 Å². The first-order chi connectivity index (χ1) is 9.88. The van der Waals surface area contributed by atoms with Gasteiger partial charge in [0.15, 0.2) is 0 Å². The van der Waals surface area contributed by atoms with Gasteiger partial charge in [0.05, 0.1) is 11.0 Å². The van der Waals surface area contributed by atoms with E-state index in [4.69, 9.17) is 5.73 Å². The van der Waals surface area contributed by atoms with Crippen LogP contribution in [0.3, 0.4) is 0 Å². The number of nitrogens with zero attached hydrogens (tertiary/aromatic N) is 3. The normalized spacial score (nSPS) is 11.2. The predicted molar refractivity (Wildman–Crippen MR) is 85.3 cm³/mol. The number of benzene rings is 1. The summed E-state index contributed by atoms with van der Waals surface area (Å²) in [5.74, 6) is 0. The van der Waals surface area contributed by atoms with Crippen LogP contribution < -0.4 is 11.4 Å². The van der Waals surface area contributed by atoms with Crippen LogP contribution in [-0.4, -0.2) is 14.1 Å². The molecule has 0 fully saturated rings. The van der Waals surface area contributed by atoms with E-state index >= 15 is 0 Å². The van der Waals surface area contributed by atoms with Crippen LogP contribution in [-0.2, 0) is 14.1 Å². The van der Waals surface area contributed by atoms with Crippen molar-refractivity contribution in [3.8, 4) is 11.1 Å². The lowest BCUT2D eigenvalue weighted by Gasteiger charge is -2.09. The maximum Gasteiger partial charge on any atom is 0.328 e. The lowest BCUT2D eigenvalue weighted by atomic mass is 10.0. The van der Waals surface area contributed by atoms with Gasteiger partial charge < -0.3 is 5.73 Å². The van der Waals surface area contributed by atoms with Gasteiger partial charge in [0, 0.05) is 36.7 Å². The molecule has 3 aromatic rings. The molecule has 2 aromatic heterocycles. The molecule has 0 aliphatic carbocycles. The first-order valence-electron chi connectivity index (χ1n) is 6.79. The van der Waals surface area contributed by atoms with Crippen LogP contribution in [0.5, 0.6) is 0 Å². The molecule has 0 atom stereocenters. The van der Waals surface area contributed by atoms with Crippen molar-refractivity contribution in [3.63, 3.8) is 0 Å². The second-order valence-corrected chi connectivity index (χ2v) is 5.47. The maximum absolute atomic E-state index is 12.0. The third kappa shape index (κ3) is 2.01. The third-order valence-electron chi connectivity index (χ3n) is 3.84. The van der Waals surface area contributed by atoms with E-state index in [1.165, 1.54) is 0 Å². The highest BCUT2D eigenvalue weighted by atomic mass is 16.1. The van der Waals surface area contributed by atoms with Crippen molar-refractivity contribution in [3.05, 3.63) is 46.1 Å². The summed E-state index contributed by atoms with van der Waals surface area (Å²) < 4.78 is 3.25. The number of fused-ring (bicyclic) bond motifs is 1. The van der Waals surface area contributed by atoms with Crippen molar-refractivity contribution >= 4 is 16.7 Å². The summed E-state index contributed by atoms with van der Waals surface area (Å²) >= 11 is 0. The first kappa shape index (κ1) is 13.4. The average molecular weight is 282 g/mol. The van der Waals surface area contributed by atoms with E-state index in [2.05, 4.69) is 4.98 Å². The highest BCUT2D eigenvalue weighted by Gasteiger charge is 2.12. The molecular weight excluding hydrogens is 264 g/mol. The fourth-order valence-electron chi connectivity index (χ4n) is 2.80. The number of aryl methyl sites for hydroxylation is 4.